The van der Waals surface area contributed by atoms with E-state index in [0.717, 1.165) is 24.5 Å². The van der Waals surface area contributed by atoms with Crippen LogP contribution in [0.25, 0.3) is 0 Å². The van der Waals surface area contributed by atoms with Crippen LogP contribution in [0, 0.1) is 0 Å². The second-order valence-electron chi connectivity index (χ2n) is 4.46. The molecule has 0 fully saturated rings. The first-order chi connectivity index (χ1) is 7.70. The lowest BCUT2D eigenvalue weighted by Crippen LogP contribution is -2.38. The number of nitrogens with two attached hydrogens (primary N) is 1. The molecule has 1 aliphatic heterocycles. The first kappa shape index (κ1) is 11.1. The second-order valence-corrected chi connectivity index (χ2v) is 4.46. The van der Waals surface area contributed by atoms with E-state index in [-0.39, 0.29) is 6.10 Å². The monoisotopic (exact) mass is 220 g/mol. The fourth-order valence-electron chi connectivity index (χ4n) is 2.11. The van der Waals surface area contributed by atoms with Crippen LogP contribution >= 0.6 is 0 Å². The Labute approximate surface area is 97.2 Å². The summed E-state index contributed by atoms with van der Waals surface area (Å²) in [6.45, 7) is 6.39. The van der Waals surface area contributed by atoms with E-state index in [2.05, 4.69) is 24.8 Å². The van der Waals surface area contributed by atoms with Crippen LogP contribution in [-0.4, -0.2) is 19.2 Å². The Hall–Kier alpha value is -1.38. The Bertz CT molecular complexity index is 365. The molecular weight excluding hydrogens is 200 g/mol. The van der Waals surface area contributed by atoms with E-state index in [0.29, 0.717) is 0 Å². The van der Waals surface area contributed by atoms with Crippen molar-refractivity contribution in [2.45, 2.75) is 32.8 Å². The van der Waals surface area contributed by atoms with Gasteiger partial charge in [0.25, 0.3) is 0 Å². The average molecular weight is 220 g/mol. The quantitative estimate of drug-likeness (QED) is 0.796. The van der Waals surface area contributed by atoms with Crippen LogP contribution in [0.5, 0.6) is 5.75 Å². The molecule has 2 rings (SSSR count). The minimum Gasteiger partial charge on any atom is -0.487 e. The molecule has 0 aliphatic carbocycles. The van der Waals surface area contributed by atoms with Crippen molar-refractivity contribution in [1.29, 1.82) is 0 Å². The van der Waals surface area contributed by atoms with E-state index in [4.69, 9.17) is 10.5 Å². The molecule has 3 nitrogen and oxygen atoms in total. The third-order valence-electron chi connectivity index (χ3n) is 2.91. The number of rotatable bonds is 3. The predicted octanol–water partition coefficient (Wildman–Crippen LogP) is 2.66. The van der Waals surface area contributed by atoms with Gasteiger partial charge in [0.15, 0.2) is 0 Å². The van der Waals surface area contributed by atoms with Crippen molar-refractivity contribution in [3.8, 4) is 5.75 Å². The minimum absolute atomic E-state index is 0.242. The second kappa shape index (κ2) is 4.64. The normalized spacial score (nSPS) is 19.1. The molecule has 0 aromatic heterocycles. The third kappa shape index (κ3) is 2.23. The van der Waals surface area contributed by atoms with Gasteiger partial charge < -0.3 is 15.4 Å². The van der Waals surface area contributed by atoms with Gasteiger partial charge in [0, 0.05) is 18.3 Å². The first-order valence-corrected chi connectivity index (χ1v) is 6.02. The molecule has 0 spiro atoms. The van der Waals surface area contributed by atoms with Gasteiger partial charge >= 0.3 is 0 Å². The Morgan fingerprint density at radius 1 is 1.50 bits per heavy atom. The van der Waals surface area contributed by atoms with E-state index in [1.165, 1.54) is 18.5 Å². The van der Waals surface area contributed by atoms with E-state index in [1.807, 2.05) is 12.1 Å². The zero-order valence-electron chi connectivity index (χ0n) is 10.1. The van der Waals surface area contributed by atoms with Crippen LogP contribution in [0.4, 0.5) is 11.4 Å². The van der Waals surface area contributed by atoms with Gasteiger partial charge in [0.05, 0.1) is 12.2 Å². The Kier molecular flexibility index (Phi) is 3.22. The fourth-order valence-corrected chi connectivity index (χ4v) is 2.11. The molecule has 1 aromatic rings. The summed E-state index contributed by atoms with van der Waals surface area (Å²) in [4.78, 5) is 2.40. The van der Waals surface area contributed by atoms with Crippen LogP contribution in [0.3, 0.4) is 0 Å². The first-order valence-electron chi connectivity index (χ1n) is 6.02. The molecule has 1 aromatic carbocycles. The van der Waals surface area contributed by atoms with Crippen molar-refractivity contribution in [1.82, 2.24) is 0 Å². The maximum Gasteiger partial charge on any atom is 0.145 e. The average Bonchev–Trinajstić information content (AvgIpc) is 2.25. The van der Waals surface area contributed by atoms with Crippen molar-refractivity contribution in [3.05, 3.63) is 18.2 Å². The summed E-state index contributed by atoms with van der Waals surface area (Å²) in [6.07, 6.45) is 2.68. The summed E-state index contributed by atoms with van der Waals surface area (Å²) in [6, 6.07) is 5.92. The molecule has 1 atom stereocenters. The van der Waals surface area contributed by atoms with Crippen LogP contribution in [0.2, 0.25) is 0 Å². The summed E-state index contributed by atoms with van der Waals surface area (Å²) < 4.78 is 5.80. The largest absolute Gasteiger partial charge is 0.487 e. The lowest BCUT2D eigenvalue weighted by Gasteiger charge is -2.35. The van der Waals surface area contributed by atoms with Gasteiger partial charge in [-0.25, -0.2) is 0 Å². The summed E-state index contributed by atoms with van der Waals surface area (Å²) in [7, 11) is 0. The smallest absolute Gasteiger partial charge is 0.145 e. The van der Waals surface area contributed by atoms with E-state index >= 15 is 0 Å². The van der Waals surface area contributed by atoms with Gasteiger partial charge in [-0.2, -0.15) is 0 Å². The highest BCUT2D eigenvalue weighted by molar-refractivity contribution is 5.65. The molecule has 1 heterocycles. The number of hydrogen-bond donors (Lipinski definition) is 1. The molecule has 0 bridgehead atoms. The predicted molar refractivity (Wildman–Crippen MR) is 68.1 cm³/mol. The SMILES string of the molecule is CCCCN1CC(C)Oc2cc(N)ccc21. The van der Waals surface area contributed by atoms with Crippen molar-refractivity contribution in [2.24, 2.45) is 0 Å². The zero-order chi connectivity index (χ0) is 11.5. The van der Waals surface area contributed by atoms with Gasteiger partial charge in [0.1, 0.15) is 11.9 Å². The Morgan fingerprint density at radius 2 is 2.31 bits per heavy atom. The molecule has 3 heteroatoms. The Morgan fingerprint density at radius 3 is 3.06 bits per heavy atom. The van der Waals surface area contributed by atoms with Crippen LogP contribution in [-0.2, 0) is 0 Å². The maximum atomic E-state index is 5.80. The third-order valence-corrected chi connectivity index (χ3v) is 2.91. The number of anilines is 2. The van der Waals surface area contributed by atoms with Gasteiger partial charge in [-0.15, -0.1) is 0 Å². The fraction of sp³-hybridized carbons (Fsp3) is 0.538. The van der Waals surface area contributed by atoms with Crippen molar-refractivity contribution >= 4 is 11.4 Å². The van der Waals surface area contributed by atoms with Crippen LogP contribution in [0.1, 0.15) is 26.7 Å². The molecule has 0 amide bonds. The maximum absolute atomic E-state index is 5.80. The number of ether oxygens (including phenoxy) is 1. The zero-order valence-corrected chi connectivity index (χ0v) is 10.1. The standard InChI is InChI=1S/C13H20N2O/c1-3-4-7-15-9-10(2)16-13-8-11(14)5-6-12(13)15/h5-6,8,10H,3-4,7,9,14H2,1-2H3. The van der Waals surface area contributed by atoms with Crippen molar-refractivity contribution < 1.29 is 4.74 Å². The van der Waals surface area contributed by atoms with Crippen LogP contribution < -0.4 is 15.4 Å². The van der Waals surface area contributed by atoms with Crippen molar-refractivity contribution in [3.63, 3.8) is 0 Å². The molecule has 1 unspecified atom stereocenters. The van der Waals surface area contributed by atoms with E-state index < -0.39 is 0 Å². The number of nitrogen functional groups attached to an aromatic ring is 1. The molecule has 0 radical (unpaired) electrons. The molecule has 0 saturated heterocycles. The molecule has 1 aliphatic rings. The van der Waals surface area contributed by atoms with Crippen molar-refractivity contribution in [2.75, 3.05) is 23.7 Å². The highest BCUT2D eigenvalue weighted by atomic mass is 16.5. The summed E-state index contributed by atoms with van der Waals surface area (Å²) in [5, 5.41) is 0. The number of nitrogens with zero attached hydrogens (tertiary/aromatic N) is 1. The van der Waals surface area contributed by atoms with Crippen LogP contribution in [0.15, 0.2) is 18.2 Å². The highest BCUT2D eigenvalue weighted by Gasteiger charge is 2.22. The van der Waals surface area contributed by atoms with Gasteiger partial charge in [-0.1, -0.05) is 13.3 Å². The molecule has 2 N–H and O–H groups in total. The molecule has 0 saturated carbocycles. The van der Waals surface area contributed by atoms with Gasteiger partial charge in [-0.05, 0) is 25.5 Å². The molecule has 88 valence electrons. The lowest BCUT2D eigenvalue weighted by molar-refractivity contribution is 0.212. The number of benzene rings is 1. The molecular formula is C13H20N2O. The van der Waals surface area contributed by atoms with E-state index in [1.54, 1.807) is 0 Å². The lowest BCUT2D eigenvalue weighted by atomic mass is 10.1. The number of fused-ring (bicyclic) bond motifs is 1. The summed E-state index contributed by atoms with van der Waals surface area (Å²) in [5.41, 5.74) is 7.72. The number of unbranched alkanes of at least 4 members (excludes halogenated alkanes) is 1. The minimum atomic E-state index is 0.242. The topological polar surface area (TPSA) is 38.5 Å². The van der Waals surface area contributed by atoms with Gasteiger partial charge in [0.2, 0.25) is 0 Å². The molecule has 16 heavy (non-hydrogen) atoms. The summed E-state index contributed by atoms with van der Waals surface area (Å²) >= 11 is 0. The Balaban J connectivity index is 2.23. The van der Waals surface area contributed by atoms with Gasteiger partial charge in [-0.3, -0.25) is 0 Å². The highest BCUT2D eigenvalue weighted by Crippen LogP contribution is 2.35. The van der Waals surface area contributed by atoms with E-state index in [9.17, 15) is 0 Å². The summed E-state index contributed by atoms with van der Waals surface area (Å²) in [5.74, 6) is 0.926. The number of hydrogen-bond acceptors (Lipinski definition) is 3.